The summed E-state index contributed by atoms with van der Waals surface area (Å²) in [6, 6.07) is 6.88. The van der Waals surface area contributed by atoms with Crippen molar-refractivity contribution < 1.29 is 0 Å². The number of rotatable bonds is 4. The number of nitrogen functional groups attached to an aromatic ring is 1. The van der Waals surface area contributed by atoms with E-state index in [2.05, 4.69) is 32.0 Å². The molecular weight excluding hydrogens is 278 g/mol. The van der Waals surface area contributed by atoms with Crippen LogP contribution in [0.15, 0.2) is 18.2 Å². The summed E-state index contributed by atoms with van der Waals surface area (Å²) in [6.45, 7) is 4.80. The summed E-state index contributed by atoms with van der Waals surface area (Å²) in [5.74, 6) is 3.64. The molecule has 2 aliphatic rings. The van der Waals surface area contributed by atoms with Gasteiger partial charge < -0.3 is 5.73 Å². The van der Waals surface area contributed by atoms with E-state index >= 15 is 0 Å². The molecule has 0 aromatic heterocycles. The third-order valence-corrected chi connectivity index (χ3v) is 6.51. The first-order valence-electron chi connectivity index (χ1n) is 9.97. The molecule has 0 saturated heterocycles. The summed E-state index contributed by atoms with van der Waals surface area (Å²) >= 11 is 0. The molecule has 128 valence electrons. The minimum Gasteiger partial charge on any atom is -0.399 e. The molecule has 2 N–H and O–H groups in total. The molecule has 0 atom stereocenters. The average Bonchev–Trinajstić information content (AvgIpc) is 2.55. The van der Waals surface area contributed by atoms with Crippen LogP contribution in [0, 0.1) is 23.7 Å². The van der Waals surface area contributed by atoms with E-state index in [1.165, 1.54) is 75.3 Å². The van der Waals surface area contributed by atoms with Crippen LogP contribution in [-0.4, -0.2) is 0 Å². The van der Waals surface area contributed by atoms with Crippen LogP contribution in [0.3, 0.4) is 0 Å². The van der Waals surface area contributed by atoms with Crippen molar-refractivity contribution in [1.82, 2.24) is 0 Å². The Bertz CT molecular complexity index is 491. The predicted molar refractivity (Wildman–Crippen MR) is 101 cm³/mol. The first-order chi connectivity index (χ1) is 11.1. The number of hydrogen-bond donors (Lipinski definition) is 1. The quantitative estimate of drug-likeness (QED) is 0.677. The average molecular weight is 314 g/mol. The Hall–Kier alpha value is -0.980. The van der Waals surface area contributed by atoms with Crippen LogP contribution < -0.4 is 5.73 Å². The fourth-order valence-corrected chi connectivity index (χ4v) is 4.67. The zero-order chi connectivity index (χ0) is 16.2. The molecule has 2 fully saturated rings. The first-order valence-corrected chi connectivity index (χ1v) is 9.97. The Morgan fingerprint density at radius 1 is 0.783 bits per heavy atom. The molecule has 0 spiro atoms. The second kappa shape index (κ2) is 7.73. The molecule has 0 unspecified atom stereocenters. The van der Waals surface area contributed by atoms with Gasteiger partial charge in [-0.15, -0.1) is 0 Å². The molecule has 1 aromatic carbocycles. The Kier molecular flexibility index (Phi) is 5.67. The highest BCUT2D eigenvalue weighted by Gasteiger charge is 2.21. The van der Waals surface area contributed by atoms with Crippen molar-refractivity contribution >= 4 is 5.69 Å². The van der Waals surface area contributed by atoms with Crippen molar-refractivity contribution in [2.24, 2.45) is 23.7 Å². The highest BCUT2D eigenvalue weighted by atomic mass is 14.6. The Balaban J connectivity index is 1.60. The van der Waals surface area contributed by atoms with E-state index in [0.29, 0.717) is 0 Å². The van der Waals surface area contributed by atoms with E-state index in [-0.39, 0.29) is 0 Å². The van der Waals surface area contributed by atoms with Crippen molar-refractivity contribution in [3.8, 4) is 0 Å². The van der Waals surface area contributed by atoms with E-state index < -0.39 is 0 Å². The van der Waals surface area contributed by atoms with Gasteiger partial charge in [0.1, 0.15) is 0 Å². The Labute approximate surface area is 143 Å². The molecular formula is C22H35N. The lowest BCUT2D eigenvalue weighted by Gasteiger charge is -2.27. The number of benzene rings is 1. The minimum absolute atomic E-state index is 0.860. The standard InChI is InChI=1S/C22H35N/c1-16-3-7-18(8-4-16)13-20-11-12-22(23)21(15-20)14-19-9-5-17(2)6-10-19/h11-12,15-19H,3-10,13-14,23H2,1-2H3. The van der Waals surface area contributed by atoms with Crippen LogP contribution in [0.25, 0.3) is 0 Å². The molecule has 1 heteroatoms. The lowest BCUT2D eigenvalue weighted by Crippen LogP contribution is -2.16. The zero-order valence-corrected chi connectivity index (χ0v) is 15.2. The van der Waals surface area contributed by atoms with Gasteiger partial charge in [-0.25, -0.2) is 0 Å². The molecule has 2 aliphatic carbocycles. The highest BCUT2D eigenvalue weighted by Crippen LogP contribution is 2.34. The number of nitrogens with two attached hydrogens (primary N) is 1. The van der Waals surface area contributed by atoms with Crippen molar-refractivity contribution in [3.63, 3.8) is 0 Å². The van der Waals surface area contributed by atoms with Crippen LogP contribution in [0.4, 0.5) is 5.69 Å². The van der Waals surface area contributed by atoms with Gasteiger partial charge in [-0.05, 0) is 79.4 Å². The lowest BCUT2D eigenvalue weighted by atomic mass is 9.78. The number of hydrogen-bond acceptors (Lipinski definition) is 1. The lowest BCUT2D eigenvalue weighted by molar-refractivity contribution is 0.287. The van der Waals surface area contributed by atoms with Gasteiger partial charge in [-0.1, -0.05) is 51.7 Å². The van der Waals surface area contributed by atoms with Gasteiger partial charge in [0, 0.05) is 5.69 Å². The first kappa shape index (κ1) is 16.9. The largest absolute Gasteiger partial charge is 0.399 e. The molecule has 1 nitrogen and oxygen atoms in total. The molecule has 1 aromatic rings. The van der Waals surface area contributed by atoms with Gasteiger partial charge in [0.2, 0.25) is 0 Å². The van der Waals surface area contributed by atoms with Crippen LogP contribution in [0.5, 0.6) is 0 Å². The summed E-state index contributed by atoms with van der Waals surface area (Å²) < 4.78 is 0. The molecule has 0 radical (unpaired) electrons. The van der Waals surface area contributed by atoms with E-state index in [9.17, 15) is 0 Å². The molecule has 2 saturated carbocycles. The SMILES string of the molecule is CC1CCC(Cc2ccc(N)c(CC3CCC(C)CC3)c2)CC1. The zero-order valence-electron chi connectivity index (χ0n) is 15.2. The maximum Gasteiger partial charge on any atom is 0.0346 e. The van der Waals surface area contributed by atoms with E-state index in [1.807, 2.05) is 0 Å². The van der Waals surface area contributed by atoms with E-state index in [4.69, 9.17) is 5.73 Å². The van der Waals surface area contributed by atoms with Crippen molar-refractivity contribution in [3.05, 3.63) is 29.3 Å². The van der Waals surface area contributed by atoms with Crippen LogP contribution >= 0.6 is 0 Å². The van der Waals surface area contributed by atoms with Crippen LogP contribution in [0.1, 0.15) is 76.3 Å². The highest BCUT2D eigenvalue weighted by molar-refractivity contribution is 5.49. The fourth-order valence-electron chi connectivity index (χ4n) is 4.67. The summed E-state index contributed by atoms with van der Waals surface area (Å²) in [4.78, 5) is 0. The summed E-state index contributed by atoms with van der Waals surface area (Å²) in [5, 5.41) is 0. The second-order valence-corrected chi connectivity index (χ2v) is 8.69. The Morgan fingerprint density at radius 3 is 1.87 bits per heavy atom. The Morgan fingerprint density at radius 2 is 1.30 bits per heavy atom. The van der Waals surface area contributed by atoms with Gasteiger partial charge in [0.05, 0.1) is 0 Å². The van der Waals surface area contributed by atoms with Crippen molar-refractivity contribution in [2.75, 3.05) is 5.73 Å². The summed E-state index contributed by atoms with van der Waals surface area (Å²) in [7, 11) is 0. The van der Waals surface area contributed by atoms with Crippen molar-refractivity contribution in [2.45, 2.75) is 78.1 Å². The normalized spacial score (nSPS) is 31.9. The van der Waals surface area contributed by atoms with Gasteiger partial charge in [0.25, 0.3) is 0 Å². The van der Waals surface area contributed by atoms with Crippen molar-refractivity contribution in [1.29, 1.82) is 0 Å². The maximum atomic E-state index is 6.29. The van der Waals surface area contributed by atoms with Crippen LogP contribution in [-0.2, 0) is 12.8 Å². The fraction of sp³-hybridized carbons (Fsp3) is 0.727. The predicted octanol–water partition coefficient (Wildman–Crippen LogP) is 6.01. The second-order valence-electron chi connectivity index (χ2n) is 8.69. The van der Waals surface area contributed by atoms with Crippen LogP contribution in [0.2, 0.25) is 0 Å². The monoisotopic (exact) mass is 313 g/mol. The third-order valence-electron chi connectivity index (χ3n) is 6.51. The third kappa shape index (κ3) is 4.75. The molecule has 0 bridgehead atoms. The molecule has 0 heterocycles. The maximum absolute atomic E-state index is 6.29. The van der Waals surface area contributed by atoms with Gasteiger partial charge >= 0.3 is 0 Å². The molecule has 0 amide bonds. The summed E-state index contributed by atoms with van der Waals surface area (Å²) in [5.41, 5.74) is 10.3. The van der Waals surface area contributed by atoms with Gasteiger partial charge in [-0.3, -0.25) is 0 Å². The number of anilines is 1. The molecule has 3 rings (SSSR count). The molecule has 0 aliphatic heterocycles. The van der Waals surface area contributed by atoms with E-state index in [1.54, 1.807) is 0 Å². The smallest absolute Gasteiger partial charge is 0.0346 e. The van der Waals surface area contributed by atoms with Gasteiger partial charge in [0.15, 0.2) is 0 Å². The van der Waals surface area contributed by atoms with Gasteiger partial charge in [-0.2, -0.15) is 0 Å². The summed E-state index contributed by atoms with van der Waals surface area (Å²) in [6.07, 6.45) is 13.8. The topological polar surface area (TPSA) is 26.0 Å². The molecule has 23 heavy (non-hydrogen) atoms. The minimum atomic E-state index is 0.860. The van der Waals surface area contributed by atoms with E-state index in [0.717, 1.165) is 29.4 Å².